The Kier molecular flexibility index (Phi) is 8.88. The van der Waals surface area contributed by atoms with E-state index in [1.807, 2.05) is 61.6 Å². The molecular weight excluding hydrogens is 418 g/mol. The van der Waals surface area contributed by atoms with Gasteiger partial charge in [-0.1, -0.05) is 56.3 Å². The lowest BCUT2D eigenvalue weighted by Crippen LogP contribution is -2.36. The van der Waals surface area contributed by atoms with Crippen LogP contribution in [0.2, 0.25) is 0 Å². The number of benzene rings is 2. The molecular formula is C26H35N3O4. The van der Waals surface area contributed by atoms with E-state index in [9.17, 15) is 5.11 Å². The maximum atomic E-state index is 10.4. The number of aryl methyl sites for hydroxylation is 1. The van der Waals surface area contributed by atoms with Gasteiger partial charge in [0.15, 0.2) is 11.5 Å². The van der Waals surface area contributed by atoms with Gasteiger partial charge in [0.05, 0.1) is 25.4 Å². The molecule has 1 heterocycles. The van der Waals surface area contributed by atoms with E-state index < -0.39 is 6.10 Å². The summed E-state index contributed by atoms with van der Waals surface area (Å²) < 4.78 is 18.8. The molecule has 1 N–H and O–H groups in total. The van der Waals surface area contributed by atoms with Crippen LogP contribution in [0.4, 0.5) is 0 Å². The summed E-state index contributed by atoms with van der Waals surface area (Å²) in [4.78, 5) is 2.23. The molecule has 1 atom stereocenters. The van der Waals surface area contributed by atoms with Gasteiger partial charge in [-0.3, -0.25) is 4.90 Å². The smallest absolute Gasteiger partial charge is 0.222 e. The number of hydrogen-bond donors (Lipinski definition) is 1. The Bertz CT molecular complexity index is 1000. The summed E-state index contributed by atoms with van der Waals surface area (Å²) >= 11 is 0. The minimum Gasteiger partial charge on any atom is -0.493 e. The van der Waals surface area contributed by atoms with Crippen LogP contribution in [0, 0.1) is 5.92 Å². The van der Waals surface area contributed by atoms with Crippen LogP contribution in [0.5, 0.6) is 17.4 Å². The van der Waals surface area contributed by atoms with E-state index in [0.29, 0.717) is 36.4 Å². The first-order valence-electron chi connectivity index (χ1n) is 11.2. The molecule has 0 spiro atoms. The topological polar surface area (TPSA) is 69.0 Å². The molecule has 0 aliphatic rings. The van der Waals surface area contributed by atoms with Crippen molar-refractivity contribution in [3.05, 3.63) is 60.2 Å². The first-order valence-corrected chi connectivity index (χ1v) is 11.2. The van der Waals surface area contributed by atoms with E-state index >= 15 is 0 Å². The highest BCUT2D eigenvalue weighted by Gasteiger charge is 2.24. The van der Waals surface area contributed by atoms with E-state index in [4.69, 9.17) is 19.3 Å². The van der Waals surface area contributed by atoms with Gasteiger partial charge in [0, 0.05) is 39.4 Å². The summed E-state index contributed by atoms with van der Waals surface area (Å²) in [7, 11) is 5.11. The fourth-order valence-electron chi connectivity index (χ4n) is 3.94. The van der Waals surface area contributed by atoms with Crippen molar-refractivity contribution in [1.29, 1.82) is 0 Å². The SMILES string of the molecule is COC[C@@H](O)CN(Cc1c(-c2ccccc2)nn(C)c1Oc1ccccc1OC)CC(C)C. The minimum atomic E-state index is -0.579. The number of aliphatic hydroxyl groups is 1. The molecule has 3 aromatic rings. The van der Waals surface area contributed by atoms with Gasteiger partial charge in [-0.05, 0) is 18.1 Å². The van der Waals surface area contributed by atoms with Gasteiger partial charge in [-0.2, -0.15) is 5.10 Å². The molecule has 33 heavy (non-hydrogen) atoms. The van der Waals surface area contributed by atoms with Gasteiger partial charge in [0.2, 0.25) is 5.88 Å². The summed E-state index contributed by atoms with van der Waals surface area (Å²) in [6.45, 7) is 6.51. The molecule has 7 nitrogen and oxygen atoms in total. The van der Waals surface area contributed by atoms with Crippen molar-refractivity contribution in [1.82, 2.24) is 14.7 Å². The number of para-hydroxylation sites is 2. The standard InChI is InChI=1S/C26H35N3O4/c1-19(2)15-29(16-21(30)18-31-4)17-22-25(20-11-7-6-8-12-20)27-28(3)26(22)33-24-14-10-9-13-23(24)32-5/h6-14,19,21,30H,15-18H2,1-5H3/t21-/m0/s1. The first kappa shape index (κ1) is 24.8. The van der Waals surface area contributed by atoms with E-state index in [1.54, 1.807) is 18.9 Å². The molecule has 3 rings (SSSR count). The van der Waals surface area contributed by atoms with E-state index in [-0.39, 0.29) is 6.61 Å². The number of methoxy groups -OCH3 is 2. The number of aliphatic hydroxyl groups excluding tert-OH is 1. The Morgan fingerprint density at radius 2 is 1.64 bits per heavy atom. The quantitative estimate of drug-likeness (QED) is 0.440. The van der Waals surface area contributed by atoms with E-state index in [2.05, 4.69) is 18.7 Å². The van der Waals surface area contributed by atoms with Crippen molar-refractivity contribution in [2.45, 2.75) is 26.5 Å². The molecule has 0 unspecified atom stereocenters. The largest absolute Gasteiger partial charge is 0.493 e. The zero-order chi connectivity index (χ0) is 23.8. The predicted octanol–water partition coefficient (Wildman–Crippen LogP) is 4.35. The molecule has 1 aromatic heterocycles. The summed E-state index contributed by atoms with van der Waals surface area (Å²) in [6, 6.07) is 17.7. The van der Waals surface area contributed by atoms with Gasteiger partial charge in [-0.25, -0.2) is 4.68 Å². The third-order valence-corrected chi connectivity index (χ3v) is 5.24. The van der Waals surface area contributed by atoms with Gasteiger partial charge >= 0.3 is 0 Å². The van der Waals surface area contributed by atoms with Gasteiger partial charge in [0.1, 0.15) is 5.69 Å². The lowest BCUT2D eigenvalue weighted by Gasteiger charge is -2.27. The normalized spacial score (nSPS) is 12.4. The lowest BCUT2D eigenvalue weighted by molar-refractivity contribution is 0.0330. The Labute approximate surface area is 196 Å². The van der Waals surface area contributed by atoms with Crippen LogP contribution >= 0.6 is 0 Å². The maximum absolute atomic E-state index is 10.4. The molecule has 0 aliphatic carbocycles. The zero-order valence-electron chi connectivity index (χ0n) is 20.2. The lowest BCUT2D eigenvalue weighted by atomic mass is 10.1. The molecule has 0 amide bonds. The van der Waals surface area contributed by atoms with Crippen molar-refractivity contribution in [3.63, 3.8) is 0 Å². The number of hydrogen-bond acceptors (Lipinski definition) is 6. The third-order valence-electron chi connectivity index (χ3n) is 5.24. The van der Waals surface area contributed by atoms with E-state index in [1.165, 1.54) is 0 Å². The monoisotopic (exact) mass is 453 g/mol. The highest BCUT2D eigenvalue weighted by Crippen LogP contribution is 2.37. The van der Waals surface area contributed by atoms with Crippen LogP contribution in [-0.2, 0) is 18.3 Å². The molecule has 0 radical (unpaired) electrons. The van der Waals surface area contributed by atoms with Crippen LogP contribution in [-0.4, -0.2) is 59.8 Å². The van der Waals surface area contributed by atoms with Crippen molar-refractivity contribution in [3.8, 4) is 28.6 Å². The zero-order valence-corrected chi connectivity index (χ0v) is 20.2. The maximum Gasteiger partial charge on any atom is 0.222 e. The minimum absolute atomic E-state index is 0.289. The van der Waals surface area contributed by atoms with Crippen molar-refractivity contribution >= 4 is 0 Å². The summed E-state index contributed by atoms with van der Waals surface area (Å²) in [5.74, 6) is 2.35. The summed E-state index contributed by atoms with van der Waals surface area (Å²) in [5.41, 5.74) is 2.83. The molecule has 0 saturated heterocycles. The van der Waals surface area contributed by atoms with Crippen LogP contribution in [0.15, 0.2) is 54.6 Å². The van der Waals surface area contributed by atoms with Crippen molar-refractivity contribution in [2.75, 3.05) is 33.9 Å². The molecule has 0 aliphatic heterocycles. The highest BCUT2D eigenvalue weighted by atomic mass is 16.5. The average molecular weight is 454 g/mol. The van der Waals surface area contributed by atoms with Crippen molar-refractivity contribution < 1.29 is 19.3 Å². The molecule has 2 aromatic carbocycles. The number of aromatic nitrogens is 2. The Balaban J connectivity index is 2.03. The number of rotatable bonds is 12. The fraction of sp³-hybridized carbons (Fsp3) is 0.423. The van der Waals surface area contributed by atoms with Crippen molar-refractivity contribution in [2.24, 2.45) is 13.0 Å². The van der Waals surface area contributed by atoms with Crippen LogP contribution < -0.4 is 9.47 Å². The molecule has 178 valence electrons. The third kappa shape index (κ3) is 6.57. The molecule has 0 bridgehead atoms. The second-order valence-corrected chi connectivity index (χ2v) is 8.57. The fourth-order valence-corrected chi connectivity index (χ4v) is 3.94. The van der Waals surface area contributed by atoms with E-state index in [0.717, 1.165) is 23.4 Å². The number of nitrogens with zero attached hydrogens (tertiary/aromatic N) is 3. The Hall–Kier alpha value is -2.87. The molecule has 0 fully saturated rings. The molecule has 7 heteroatoms. The second-order valence-electron chi connectivity index (χ2n) is 8.57. The summed E-state index contributed by atoms with van der Waals surface area (Å²) in [6.07, 6.45) is -0.579. The first-order chi connectivity index (χ1) is 15.9. The van der Waals surface area contributed by atoms with Gasteiger partial charge in [0.25, 0.3) is 0 Å². The van der Waals surface area contributed by atoms with Crippen LogP contribution in [0.1, 0.15) is 19.4 Å². The number of ether oxygens (including phenoxy) is 3. The second kappa shape index (κ2) is 11.8. The predicted molar refractivity (Wildman–Crippen MR) is 130 cm³/mol. The average Bonchev–Trinajstić information content (AvgIpc) is 3.09. The summed E-state index contributed by atoms with van der Waals surface area (Å²) in [5, 5.41) is 15.3. The van der Waals surface area contributed by atoms with Gasteiger partial charge < -0.3 is 19.3 Å². The Morgan fingerprint density at radius 1 is 0.970 bits per heavy atom. The Morgan fingerprint density at radius 3 is 2.27 bits per heavy atom. The van der Waals surface area contributed by atoms with Gasteiger partial charge in [-0.15, -0.1) is 0 Å². The highest BCUT2D eigenvalue weighted by molar-refractivity contribution is 5.65. The van der Waals surface area contributed by atoms with Crippen LogP contribution in [0.25, 0.3) is 11.3 Å². The molecule has 0 saturated carbocycles. The van der Waals surface area contributed by atoms with Crippen LogP contribution in [0.3, 0.4) is 0 Å².